The smallest absolute Gasteiger partial charge is 0.149 e. The summed E-state index contributed by atoms with van der Waals surface area (Å²) < 4.78 is 4.58. The third kappa shape index (κ3) is 7.67. The maximum atomic E-state index is 12.6. The van der Waals surface area contributed by atoms with Crippen LogP contribution in [0.1, 0.15) is 77.6 Å². The van der Waals surface area contributed by atoms with Crippen molar-refractivity contribution in [2.75, 3.05) is 0 Å². The number of rotatable bonds is 8. The van der Waals surface area contributed by atoms with Gasteiger partial charge < -0.3 is 9.67 Å². The zero-order chi connectivity index (χ0) is 48.5. The fourth-order valence-corrected chi connectivity index (χ4v) is 10.3. The Hall–Kier alpha value is -8.02. The molecule has 0 aliphatic heterocycles. The topological polar surface area (TPSA) is 55.9 Å². The minimum absolute atomic E-state index is 0.192. The van der Waals surface area contributed by atoms with Crippen LogP contribution >= 0.6 is 0 Å². The minimum Gasteiger partial charge on any atom is -0.507 e. The first-order valence-electron chi connectivity index (χ1n) is 24.4. The maximum absolute atomic E-state index is 12.6. The summed E-state index contributed by atoms with van der Waals surface area (Å²) in [5.41, 5.74) is 16.4. The van der Waals surface area contributed by atoms with Crippen molar-refractivity contribution in [1.82, 2.24) is 19.1 Å². The van der Waals surface area contributed by atoms with E-state index in [0.717, 1.165) is 89.0 Å². The summed E-state index contributed by atoms with van der Waals surface area (Å²) in [7, 11) is 0. The van der Waals surface area contributed by atoms with Gasteiger partial charge in [0.05, 0.1) is 45.2 Å². The summed E-state index contributed by atoms with van der Waals surface area (Å²) in [6.07, 6.45) is 2.04. The lowest BCUT2D eigenvalue weighted by Crippen LogP contribution is -2.19. The van der Waals surface area contributed by atoms with Gasteiger partial charge in [0.15, 0.2) is 0 Å². The van der Waals surface area contributed by atoms with Crippen LogP contribution in [0.3, 0.4) is 0 Å². The third-order valence-corrected chi connectivity index (χ3v) is 14.3. The lowest BCUT2D eigenvalue weighted by molar-refractivity contribution is 0.446. The van der Waals surface area contributed by atoms with Gasteiger partial charge in [0.1, 0.15) is 11.6 Å². The average Bonchev–Trinajstić information content (AvgIpc) is 3.92. The van der Waals surface area contributed by atoms with Gasteiger partial charge in [0.2, 0.25) is 0 Å². The Morgan fingerprint density at radius 1 is 0.429 bits per heavy atom. The molecule has 0 aliphatic rings. The van der Waals surface area contributed by atoms with Gasteiger partial charge in [-0.3, -0.25) is 9.55 Å². The number of aromatic nitrogens is 4. The molecule has 5 nitrogen and oxygen atoms in total. The number of phenolic OH excluding ortho intramolecular Hbond substituents is 1. The van der Waals surface area contributed by atoms with Gasteiger partial charge in [-0.15, -0.1) is 0 Å². The molecule has 0 radical (unpaired) electrons. The van der Waals surface area contributed by atoms with Crippen LogP contribution < -0.4 is 0 Å². The largest absolute Gasteiger partial charge is 0.507 e. The maximum Gasteiger partial charge on any atom is 0.149 e. The predicted octanol–water partition coefficient (Wildman–Crippen LogP) is 16.8. The highest BCUT2D eigenvalue weighted by atomic mass is 16.3. The van der Waals surface area contributed by atoms with Gasteiger partial charge in [-0.25, -0.2) is 4.98 Å². The molecular weight excluding hydrogens is 853 g/mol. The molecule has 0 spiro atoms. The molecule has 344 valence electrons. The molecule has 0 aliphatic carbocycles. The molecule has 0 atom stereocenters. The molecule has 3 heterocycles. The highest BCUT2D eigenvalue weighted by molar-refractivity contribution is 6.10. The molecule has 0 fully saturated rings. The predicted molar refractivity (Wildman–Crippen MR) is 293 cm³/mol. The van der Waals surface area contributed by atoms with E-state index in [-0.39, 0.29) is 22.0 Å². The molecule has 0 saturated carbocycles. The van der Waals surface area contributed by atoms with Crippen LogP contribution in [0.15, 0.2) is 200 Å². The van der Waals surface area contributed by atoms with E-state index < -0.39 is 0 Å². The third-order valence-electron chi connectivity index (χ3n) is 14.3. The number of benzene rings is 8. The number of aromatic hydroxyl groups is 1. The lowest BCUT2D eigenvalue weighted by Gasteiger charge is -2.27. The first-order chi connectivity index (χ1) is 33.7. The molecule has 70 heavy (non-hydrogen) atoms. The number of hydrogen-bond acceptors (Lipinski definition) is 3. The number of pyridine rings is 1. The van der Waals surface area contributed by atoms with E-state index in [4.69, 9.17) is 9.97 Å². The van der Waals surface area contributed by atoms with Crippen molar-refractivity contribution in [2.24, 2.45) is 0 Å². The summed E-state index contributed by atoms with van der Waals surface area (Å²) in [5.74, 6) is 0.933. The van der Waals surface area contributed by atoms with Gasteiger partial charge in [0, 0.05) is 44.1 Å². The quantitative estimate of drug-likeness (QED) is 0.165. The van der Waals surface area contributed by atoms with Crippen LogP contribution in [0.2, 0.25) is 0 Å². The van der Waals surface area contributed by atoms with E-state index in [9.17, 15) is 5.11 Å². The summed E-state index contributed by atoms with van der Waals surface area (Å²) in [6.45, 7) is 17.8. The Morgan fingerprint density at radius 2 is 1.06 bits per heavy atom. The van der Waals surface area contributed by atoms with E-state index in [1.54, 1.807) is 0 Å². The Morgan fingerprint density at radius 3 is 1.79 bits per heavy atom. The second-order valence-corrected chi connectivity index (χ2v) is 21.3. The molecule has 11 aromatic rings. The zero-order valence-electron chi connectivity index (χ0n) is 41.3. The SMILES string of the molecule is CC(C)(C)c1cc(-c2nc3c(-c4cc(-c5cc6c7ccccc7n(-c7ccccc7)c6cn5)cc(C(C)(C)c5ccccc5)c4)cccc3n2-c2ccccc2-c2ccccc2)c(O)c(C(C)(C)C)c1. The average molecular weight is 911 g/mol. The summed E-state index contributed by atoms with van der Waals surface area (Å²) >= 11 is 0. The molecule has 0 saturated heterocycles. The van der Waals surface area contributed by atoms with Crippen LogP contribution in [0.5, 0.6) is 5.75 Å². The standard InChI is InChI=1S/C65H58N4O/c1-63(2,3)46-38-53(61(70)54(39-46)64(4,5)6)62-67-60-50(31-22-34-58(60)69(62)56-32-20-18-29-49(56)42-23-12-9-13-24-42)43-35-44(37-47(36-43)65(7,8)45-25-14-10-15-26-45)55-40-52-51-30-19-21-33-57(51)68(59(52)41-66-55)48-27-16-11-17-28-48/h9-41,70H,1-8H3. The number of fused-ring (bicyclic) bond motifs is 4. The molecule has 3 aromatic heterocycles. The Kier molecular flexibility index (Phi) is 10.7. The van der Waals surface area contributed by atoms with Crippen molar-refractivity contribution in [3.63, 3.8) is 0 Å². The highest BCUT2D eigenvalue weighted by Gasteiger charge is 2.30. The first-order valence-corrected chi connectivity index (χ1v) is 24.4. The van der Waals surface area contributed by atoms with Crippen molar-refractivity contribution in [3.8, 4) is 62.0 Å². The Labute approximate surface area is 411 Å². The van der Waals surface area contributed by atoms with E-state index in [2.05, 4.69) is 259 Å². The van der Waals surface area contributed by atoms with Gasteiger partial charge in [0.25, 0.3) is 0 Å². The second kappa shape index (κ2) is 16.9. The molecule has 1 N–H and O–H groups in total. The van der Waals surface area contributed by atoms with Gasteiger partial charge in [-0.05, 0) is 93.2 Å². The van der Waals surface area contributed by atoms with Crippen LogP contribution in [-0.2, 0) is 16.2 Å². The molecular formula is C65H58N4O. The van der Waals surface area contributed by atoms with Gasteiger partial charge in [-0.2, -0.15) is 0 Å². The molecule has 0 unspecified atom stereocenters. The van der Waals surface area contributed by atoms with E-state index in [0.29, 0.717) is 11.4 Å². The van der Waals surface area contributed by atoms with Crippen LogP contribution in [0.25, 0.3) is 89.1 Å². The number of phenols is 1. The van der Waals surface area contributed by atoms with Crippen molar-refractivity contribution in [3.05, 3.63) is 223 Å². The van der Waals surface area contributed by atoms with E-state index in [1.807, 2.05) is 6.20 Å². The summed E-state index contributed by atoms with van der Waals surface area (Å²) in [5, 5.41) is 14.9. The van der Waals surface area contributed by atoms with Crippen LogP contribution in [0.4, 0.5) is 0 Å². The molecule has 5 heteroatoms. The lowest BCUT2D eigenvalue weighted by atomic mass is 9.76. The van der Waals surface area contributed by atoms with Crippen LogP contribution in [-0.4, -0.2) is 24.2 Å². The van der Waals surface area contributed by atoms with Crippen molar-refractivity contribution >= 4 is 32.8 Å². The van der Waals surface area contributed by atoms with Crippen molar-refractivity contribution < 1.29 is 5.11 Å². The van der Waals surface area contributed by atoms with E-state index >= 15 is 0 Å². The number of hydrogen-bond donors (Lipinski definition) is 1. The second-order valence-electron chi connectivity index (χ2n) is 21.3. The Balaban J connectivity index is 1.20. The number of nitrogens with zero attached hydrogens (tertiary/aromatic N) is 4. The van der Waals surface area contributed by atoms with Crippen molar-refractivity contribution in [1.29, 1.82) is 0 Å². The summed E-state index contributed by atoms with van der Waals surface area (Å²) in [6, 6.07) is 69.1. The molecule has 11 rings (SSSR count). The van der Waals surface area contributed by atoms with Gasteiger partial charge >= 0.3 is 0 Å². The zero-order valence-corrected chi connectivity index (χ0v) is 41.3. The normalized spacial score (nSPS) is 12.3. The highest BCUT2D eigenvalue weighted by Crippen LogP contribution is 2.46. The molecule has 8 aromatic carbocycles. The molecule has 0 bridgehead atoms. The van der Waals surface area contributed by atoms with Gasteiger partial charge in [-0.1, -0.05) is 195 Å². The minimum atomic E-state index is -0.366. The number of imidazole rings is 1. The molecule has 0 amide bonds. The fraction of sp³-hybridized carbons (Fsp3) is 0.169. The first kappa shape index (κ1) is 44.5. The monoisotopic (exact) mass is 910 g/mol. The van der Waals surface area contributed by atoms with E-state index in [1.165, 1.54) is 10.9 Å². The van der Waals surface area contributed by atoms with Crippen LogP contribution in [0, 0.1) is 0 Å². The number of para-hydroxylation sites is 4. The van der Waals surface area contributed by atoms with Crippen molar-refractivity contribution in [2.45, 2.75) is 71.6 Å². The Bertz CT molecular complexity index is 3750. The fourth-order valence-electron chi connectivity index (χ4n) is 10.3. The summed E-state index contributed by atoms with van der Waals surface area (Å²) in [4.78, 5) is 11.0.